The molecule has 2 aromatic heterocycles. The van der Waals surface area contributed by atoms with Crippen molar-refractivity contribution in [2.75, 3.05) is 5.32 Å². The number of nitrogens with one attached hydrogen (secondary N) is 2. The second-order valence-corrected chi connectivity index (χ2v) is 4.01. The summed E-state index contributed by atoms with van der Waals surface area (Å²) in [4.78, 5) is 31.7. The van der Waals surface area contributed by atoms with Crippen LogP contribution in [0.25, 0.3) is 0 Å². The zero-order valence-electron chi connectivity index (χ0n) is 8.75. The Labute approximate surface area is 109 Å². The van der Waals surface area contributed by atoms with Crippen molar-refractivity contribution in [3.63, 3.8) is 0 Å². The zero-order valence-corrected chi connectivity index (χ0v) is 10.3. The molecule has 1 amide bonds. The minimum atomic E-state index is -0.615. The second-order valence-electron chi connectivity index (χ2n) is 3.19. The third-order valence-corrected chi connectivity index (χ3v) is 2.38. The molecule has 0 atom stereocenters. The topological polar surface area (TPSA) is 114 Å². The molecule has 0 saturated heterocycles. The molecular formula is C9H6BrN5O3. The lowest BCUT2D eigenvalue weighted by Gasteiger charge is -2.00. The quantitative estimate of drug-likeness (QED) is 0.661. The van der Waals surface area contributed by atoms with Gasteiger partial charge in [-0.1, -0.05) is 0 Å². The molecule has 0 radical (unpaired) electrons. The van der Waals surface area contributed by atoms with E-state index < -0.39 is 10.8 Å². The third-order valence-electron chi connectivity index (χ3n) is 1.97. The van der Waals surface area contributed by atoms with Gasteiger partial charge in [-0.05, 0) is 26.9 Å². The van der Waals surface area contributed by atoms with Gasteiger partial charge in [-0.15, -0.1) is 0 Å². The number of carbonyl (C=O) groups is 1. The molecule has 8 nitrogen and oxygen atoms in total. The number of H-pyrrole nitrogens is 1. The molecule has 92 valence electrons. The van der Waals surface area contributed by atoms with Gasteiger partial charge in [0.05, 0.1) is 12.4 Å². The van der Waals surface area contributed by atoms with Crippen LogP contribution in [0.1, 0.15) is 10.5 Å². The smallest absolute Gasteiger partial charge is 0.321 e. The summed E-state index contributed by atoms with van der Waals surface area (Å²) in [6, 6.07) is 2.53. The Balaban J connectivity index is 2.11. The lowest BCUT2D eigenvalue weighted by Crippen LogP contribution is -2.13. The monoisotopic (exact) mass is 311 g/mol. The van der Waals surface area contributed by atoms with Crippen molar-refractivity contribution in [2.24, 2.45) is 0 Å². The number of anilines is 1. The molecular weight excluding hydrogens is 306 g/mol. The largest absolute Gasteiger partial charge is 0.358 e. The van der Waals surface area contributed by atoms with Gasteiger partial charge in [0.2, 0.25) is 0 Å². The van der Waals surface area contributed by atoms with E-state index in [-0.39, 0.29) is 17.3 Å². The number of nitrogens with zero attached hydrogens (tertiary/aromatic N) is 3. The number of rotatable bonds is 3. The first-order chi connectivity index (χ1) is 8.56. The number of hydrogen-bond acceptors (Lipinski definition) is 5. The first-order valence-corrected chi connectivity index (χ1v) is 5.48. The van der Waals surface area contributed by atoms with E-state index in [1.165, 1.54) is 24.5 Å². The van der Waals surface area contributed by atoms with E-state index >= 15 is 0 Å². The predicted octanol–water partition coefficient (Wildman–Crippen LogP) is 1.73. The molecule has 2 heterocycles. The summed E-state index contributed by atoms with van der Waals surface area (Å²) in [5.41, 5.74) is 0.0754. The number of hydrogen-bond donors (Lipinski definition) is 2. The number of halogens is 1. The van der Waals surface area contributed by atoms with Gasteiger partial charge >= 0.3 is 5.82 Å². The van der Waals surface area contributed by atoms with Crippen molar-refractivity contribution >= 4 is 33.5 Å². The molecule has 0 spiro atoms. The molecule has 18 heavy (non-hydrogen) atoms. The second kappa shape index (κ2) is 4.92. The van der Waals surface area contributed by atoms with Crippen molar-refractivity contribution in [1.82, 2.24) is 15.0 Å². The Kier molecular flexibility index (Phi) is 3.33. The van der Waals surface area contributed by atoms with Gasteiger partial charge < -0.3 is 15.4 Å². The van der Waals surface area contributed by atoms with Gasteiger partial charge in [-0.2, -0.15) is 0 Å². The maximum atomic E-state index is 11.7. The number of nitro groups is 1. The SMILES string of the molecule is O=C(Nc1cnc(Br)cn1)c1ccc([N+](=O)[O-])[nH]1. The fraction of sp³-hybridized carbons (Fsp3) is 0. The summed E-state index contributed by atoms with van der Waals surface area (Å²) >= 11 is 3.11. The van der Waals surface area contributed by atoms with Gasteiger partial charge in [0.25, 0.3) is 5.91 Å². The lowest BCUT2D eigenvalue weighted by atomic mass is 10.4. The number of carbonyl (C=O) groups excluding carboxylic acids is 1. The normalized spacial score (nSPS) is 10.1. The van der Waals surface area contributed by atoms with E-state index in [1.54, 1.807) is 0 Å². The minimum absolute atomic E-state index is 0.0754. The zero-order chi connectivity index (χ0) is 13.1. The highest BCUT2D eigenvalue weighted by Crippen LogP contribution is 2.12. The molecule has 9 heteroatoms. The van der Waals surface area contributed by atoms with Crippen LogP contribution in [0.3, 0.4) is 0 Å². The van der Waals surface area contributed by atoms with Crippen molar-refractivity contribution in [3.8, 4) is 0 Å². The van der Waals surface area contributed by atoms with Gasteiger partial charge in [0, 0.05) is 6.07 Å². The molecule has 0 unspecified atom stereocenters. The summed E-state index contributed by atoms with van der Waals surface area (Å²) in [6.45, 7) is 0. The molecule has 2 aromatic rings. The summed E-state index contributed by atoms with van der Waals surface area (Å²) in [5, 5.41) is 12.9. The molecule has 2 rings (SSSR count). The Bertz CT molecular complexity index is 595. The third kappa shape index (κ3) is 2.69. The predicted molar refractivity (Wildman–Crippen MR) is 65.1 cm³/mol. The Morgan fingerprint density at radius 3 is 2.72 bits per heavy atom. The van der Waals surface area contributed by atoms with E-state index in [9.17, 15) is 14.9 Å². The van der Waals surface area contributed by atoms with E-state index in [0.29, 0.717) is 4.60 Å². The van der Waals surface area contributed by atoms with Crippen molar-refractivity contribution in [3.05, 3.63) is 44.9 Å². The van der Waals surface area contributed by atoms with Crippen molar-refractivity contribution in [2.45, 2.75) is 0 Å². The van der Waals surface area contributed by atoms with E-state index in [0.717, 1.165) is 0 Å². The summed E-state index contributed by atoms with van der Waals surface area (Å²) < 4.78 is 0.538. The standard InChI is InChI=1S/C9H6BrN5O3/c10-6-3-12-7(4-11-6)14-9(16)5-1-2-8(13-5)15(17)18/h1-4,13H,(H,12,14,16). The van der Waals surface area contributed by atoms with Crippen LogP contribution in [0.2, 0.25) is 0 Å². The van der Waals surface area contributed by atoms with Crippen LogP contribution in [0.5, 0.6) is 0 Å². The van der Waals surface area contributed by atoms with Crippen molar-refractivity contribution in [1.29, 1.82) is 0 Å². The van der Waals surface area contributed by atoms with Crippen LogP contribution in [0.15, 0.2) is 29.1 Å². The highest BCUT2D eigenvalue weighted by molar-refractivity contribution is 9.10. The maximum absolute atomic E-state index is 11.7. The molecule has 0 saturated carbocycles. The molecule has 0 bridgehead atoms. The minimum Gasteiger partial charge on any atom is -0.358 e. The van der Waals surface area contributed by atoms with Crippen LogP contribution in [-0.4, -0.2) is 25.8 Å². The molecule has 0 aliphatic heterocycles. The summed E-state index contributed by atoms with van der Waals surface area (Å²) in [5.74, 6) is -0.526. The maximum Gasteiger partial charge on any atom is 0.321 e. The summed E-state index contributed by atoms with van der Waals surface area (Å²) in [6.07, 6.45) is 2.78. The van der Waals surface area contributed by atoms with Crippen LogP contribution >= 0.6 is 15.9 Å². The lowest BCUT2D eigenvalue weighted by molar-refractivity contribution is -0.389. The molecule has 2 N–H and O–H groups in total. The van der Waals surface area contributed by atoms with E-state index in [2.05, 4.69) is 36.2 Å². The highest BCUT2D eigenvalue weighted by Gasteiger charge is 2.15. The van der Waals surface area contributed by atoms with Gasteiger partial charge in [-0.3, -0.25) is 4.79 Å². The Hall–Kier alpha value is -2.29. The number of aromatic amines is 1. The fourth-order valence-electron chi connectivity index (χ4n) is 1.18. The number of aromatic nitrogens is 3. The summed E-state index contributed by atoms with van der Waals surface area (Å²) in [7, 11) is 0. The number of amides is 1. The van der Waals surface area contributed by atoms with Crippen LogP contribution in [-0.2, 0) is 0 Å². The first-order valence-electron chi connectivity index (χ1n) is 4.68. The van der Waals surface area contributed by atoms with Crippen molar-refractivity contribution < 1.29 is 9.72 Å². The van der Waals surface area contributed by atoms with Crippen LogP contribution < -0.4 is 5.32 Å². The molecule has 0 aliphatic rings. The Morgan fingerprint density at radius 2 is 2.17 bits per heavy atom. The molecule has 0 fully saturated rings. The van der Waals surface area contributed by atoms with Crippen LogP contribution in [0.4, 0.5) is 11.6 Å². The van der Waals surface area contributed by atoms with E-state index in [4.69, 9.17) is 0 Å². The van der Waals surface area contributed by atoms with Gasteiger partial charge in [0.1, 0.15) is 4.60 Å². The van der Waals surface area contributed by atoms with Gasteiger partial charge in [0.15, 0.2) is 11.5 Å². The fourth-order valence-corrected chi connectivity index (χ4v) is 1.39. The van der Waals surface area contributed by atoms with Gasteiger partial charge in [-0.25, -0.2) is 15.0 Å². The first kappa shape index (κ1) is 12.2. The Morgan fingerprint density at radius 1 is 1.39 bits per heavy atom. The van der Waals surface area contributed by atoms with Crippen LogP contribution in [0, 0.1) is 10.1 Å². The highest BCUT2D eigenvalue weighted by atomic mass is 79.9. The molecule has 0 aromatic carbocycles. The average Bonchev–Trinajstić information content (AvgIpc) is 2.81. The molecule has 0 aliphatic carbocycles. The van der Waals surface area contributed by atoms with E-state index in [1.807, 2.05) is 0 Å². The average molecular weight is 312 g/mol.